The van der Waals surface area contributed by atoms with Gasteiger partial charge in [0.05, 0.1) is 5.69 Å². The van der Waals surface area contributed by atoms with Crippen LogP contribution in [0.2, 0.25) is 0 Å². The zero-order valence-corrected chi connectivity index (χ0v) is 19.1. The molecule has 0 saturated carbocycles. The standard InChI is InChI=1S/C24H38N6/c1-19-10-14-29(15-11-19)18-23-9-6-5-8-22(23)17-27-24(25-4)26-12-7-13-30-21(3)16-20(2)28-30/h5-6,8-9,16,19H,7,10-15,17-18H2,1-4H3,(H2,25,26,27). The fourth-order valence-corrected chi connectivity index (χ4v) is 4.08. The average molecular weight is 411 g/mol. The third-order valence-electron chi connectivity index (χ3n) is 6.00. The molecule has 1 aliphatic rings. The highest BCUT2D eigenvalue weighted by Crippen LogP contribution is 2.19. The fraction of sp³-hybridized carbons (Fsp3) is 0.583. The molecule has 0 atom stereocenters. The van der Waals surface area contributed by atoms with Crippen LogP contribution in [0, 0.1) is 19.8 Å². The van der Waals surface area contributed by atoms with Crippen LogP contribution >= 0.6 is 0 Å². The molecule has 1 aromatic carbocycles. The number of aromatic nitrogens is 2. The summed E-state index contributed by atoms with van der Waals surface area (Å²) < 4.78 is 2.07. The smallest absolute Gasteiger partial charge is 0.191 e. The number of hydrogen-bond donors (Lipinski definition) is 2. The van der Waals surface area contributed by atoms with Gasteiger partial charge in [-0.1, -0.05) is 31.2 Å². The zero-order chi connectivity index (χ0) is 21.3. The molecule has 2 heterocycles. The van der Waals surface area contributed by atoms with Gasteiger partial charge < -0.3 is 10.6 Å². The van der Waals surface area contributed by atoms with Gasteiger partial charge in [-0.25, -0.2) is 0 Å². The van der Waals surface area contributed by atoms with E-state index >= 15 is 0 Å². The Hall–Kier alpha value is -2.34. The van der Waals surface area contributed by atoms with Crippen LogP contribution in [0.5, 0.6) is 0 Å². The lowest BCUT2D eigenvalue weighted by molar-refractivity contribution is 0.185. The molecule has 1 aliphatic heterocycles. The Morgan fingerprint density at radius 3 is 2.53 bits per heavy atom. The van der Waals surface area contributed by atoms with Gasteiger partial charge in [0, 0.05) is 38.9 Å². The van der Waals surface area contributed by atoms with Gasteiger partial charge >= 0.3 is 0 Å². The van der Waals surface area contributed by atoms with Crippen molar-refractivity contribution in [3.05, 3.63) is 52.8 Å². The van der Waals surface area contributed by atoms with Crippen molar-refractivity contribution in [3.63, 3.8) is 0 Å². The van der Waals surface area contributed by atoms with Crippen LogP contribution in [0.4, 0.5) is 0 Å². The highest BCUT2D eigenvalue weighted by molar-refractivity contribution is 5.79. The second-order valence-corrected chi connectivity index (χ2v) is 8.58. The van der Waals surface area contributed by atoms with E-state index < -0.39 is 0 Å². The Balaban J connectivity index is 1.45. The number of rotatable bonds is 8. The van der Waals surface area contributed by atoms with E-state index in [-0.39, 0.29) is 0 Å². The minimum atomic E-state index is 0.789. The van der Waals surface area contributed by atoms with E-state index in [1.54, 1.807) is 0 Å². The number of guanidine groups is 1. The zero-order valence-electron chi connectivity index (χ0n) is 19.1. The molecule has 1 saturated heterocycles. The van der Waals surface area contributed by atoms with Crippen LogP contribution in [-0.2, 0) is 19.6 Å². The first kappa shape index (κ1) is 22.3. The monoisotopic (exact) mass is 410 g/mol. The van der Waals surface area contributed by atoms with Crippen LogP contribution < -0.4 is 10.6 Å². The molecular formula is C24H38N6. The van der Waals surface area contributed by atoms with Crippen LogP contribution in [0.15, 0.2) is 35.3 Å². The third-order valence-corrected chi connectivity index (χ3v) is 6.00. The number of likely N-dealkylation sites (tertiary alicyclic amines) is 1. The SMILES string of the molecule is CN=C(NCCCn1nc(C)cc1C)NCc1ccccc1CN1CCC(C)CC1. The van der Waals surface area contributed by atoms with Gasteiger partial charge in [-0.3, -0.25) is 14.6 Å². The maximum Gasteiger partial charge on any atom is 0.191 e. The van der Waals surface area contributed by atoms with Crippen molar-refractivity contribution >= 4 is 5.96 Å². The van der Waals surface area contributed by atoms with Crippen LogP contribution in [0.3, 0.4) is 0 Å². The van der Waals surface area contributed by atoms with E-state index in [2.05, 4.69) is 74.5 Å². The summed E-state index contributed by atoms with van der Waals surface area (Å²) >= 11 is 0. The maximum absolute atomic E-state index is 4.52. The molecule has 0 amide bonds. The predicted molar refractivity (Wildman–Crippen MR) is 125 cm³/mol. The molecule has 164 valence electrons. The minimum Gasteiger partial charge on any atom is -0.356 e. The average Bonchev–Trinajstić information content (AvgIpc) is 3.07. The van der Waals surface area contributed by atoms with Gasteiger partial charge in [-0.15, -0.1) is 0 Å². The van der Waals surface area contributed by atoms with E-state index in [1.807, 2.05) is 14.0 Å². The van der Waals surface area contributed by atoms with Crippen LogP contribution in [-0.4, -0.2) is 47.3 Å². The van der Waals surface area contributed by atoms with Gasteiger partial charge in [-0.2, -0.15) is 5.10 Å². The lowest BCUT2D eigenvalue weighted by Gasteiger charge is -2.30. The first-order valence-corrected chi connectivity index (χ1v) is 11.3. The lowest BCUT2D eigenvalue weighted by atomic mass is 9.98. The highest BCUT2D eigenvalue weighted by Gasteiger charge is 2.16. The van der Waals surface area contributed by atoms with Crippen molar-refractivity contribution in [1.29, 1.82) is 0 Å². The topological polar surface area (TPSA) is 57.5 Å². The number of nitrogens with one attached hydrogen (secondary N) is 2. The molecule has 0 unspecified atom stereocenters. The van der Waals surface area contributed by atoms with Crippen LogP contribution in [0.25, 0.3) is 0 Å². The van der Waals surface area contributed by atoms with Crippen LogP contribution in [0.1, 0.15) is 48.7 Å². The Kier molecular flexibility index (Phi) is 8.31. The van der Waals surface area contributed by atoms with Gasteiger partial charge in [0.2, 0.25) is 0 Å². The molecule has 3 rings (SSSR count). The summed E-state index contributed by atoms with van der Waals surface area (Å²) in [6, 6.07) is 10.9. The van der Waals surface area contributed by atoms with Crippen molar-refractivity contribution < 1.29 is 0 Å². The molecule has 1 fully saturated rings. The number of benzene rings is 1. The number of aryl methyl sites for hydroxylation is 3. The molecule has 2 aromatic rings. The second kappa shape index (κ2) is 11.2. The minimum absolute atomic E-state index is 0.789. The van der Waals surface area contributed by atoms with E-state index in [9.17, 15) is 0 Å². The first-order valence-electron chi connectivity index (χ1n) is 11.3. The molecule has 1 aromatic heterocycles. The molecule has 2 N–H and O–H groups in total. The fourth-order valence-electron chi connectivity index (χ4n) is 4.08. The molecule has 30 heavy (non-hydrogen) atoms. The number of aliphatic imine (C=N–C) groups is 1. The maximum atomic E-state index is 4.52. The van der Waals surface area contributed by atoms with Crippen molar-refractivity contribution in [2.24, 2.45) is 10.9 Å². The normalized spacial score (nSPS) is 16.1. The Morgan fingerprint density at radius 1 is 1.13 bits per heavy atom. The lowest BCUT2D eigenvalue weighted by Crippen LogP contribution is -2.38. The quantitative estimate of drug-likeness (QED) is 0.397. The summed E-state index contributed by atoms with van der Waals surface area (Å²) in [5, 5.41) is 11.4. The van der Waals surface area contributed by atoms with Crippen molar-refractivity contribution in [1.82, 2.24) is 25.3 Å². The third kappa shape index (κ3) is 6.59. The van der Waals surface area contributed by atoms with Gasteiger partial charge in [0.25, 0.3) is 0 Å². The molecule has 6 nitrogen and oxygen atoms in total. The summed E-state index contributed by atoms with van der Waals surface area (Å²) in [4.78, 5) is 6.97. The van der Waals surface area contributed by atoms with Crippen molar-refractivity contribution in [2.45, 2.75) is 59.7 Å². The van der Waals surface area contributed by atoms with E-state index in [4.69, 9.17) is 0 Å². The van der Waals surface area contributed by atoms with E-state index in [0.717, 1.165) is 50.2 Å². The summed E-state index contributed by atoms with van der Waals surface area (Å²) in [5.41, 5.74) is 5.06. The van der Waals surface area contributed by atoms with Gasteiger partial charge in [-0.05, 0) is 69.3 Å². The number of nitrogens with zero attached hydrogens (tertiary/aromatic N) is 4. The molecule has 6 heteroatoms. The molecule has 0 aliphatic carbocycles. The Labute approximate surface area is 181 Å². The largest absolute Gasteiger partial charge is 0.356 e. The molecule has 0 radical (unpaired) electrons. The summed E-state index contributed by atoms with van der Waals surface area (Å²) in [6.07, 6.45) is 3.63. The van der Waals surface area contributed by atoms with Crippen molar-refractivity contribution in [3.8, 4) is 0 Å². The van der Waals surface area contributed by atoms with Gasteiger partial charge in [0.15, 0.2) is 5.96 Å². The number of hydrogen-bond acceptors (Lipinski definition) is 3. The summed E-state index contributed by atoms with van der Waals surface area (Å²) in [7, 11) is 1.83. The molecule has 0 bridgehead atoms. The van der Waals surface area contributed by atoms with Crippen molar-refractivity contribution in [2.75, 3.05) is 26.7 Å². The second-order valence-electron chi connectivity index (χ2n) is 8.58. The predicted octanol–water partition coefficient (Wildman–Crippen LogP) is 3.49. The number of piperidine rings is 1. The van der Waals surface area contributed by atoms with Gasteiger partial charge in [0.1, 0.15) is 0 Å². The summed E-state index contributed by atoms with van der Waals surface area (Å²) in [6.45, 7) is 12.5. The first-order chi connectivity index (χ1) is 14.5. The highest BCUT2D eigenvalue weighted by atomic mass is 15.3. The molecule has 0 spiro atoms. The summed E-state index contributed by atoms with van der Waals surface area (Å²) in [5.74, 6) is 1.72. The van der Waals surface area contributed by atoms with E-state index in [0.29, 0.717) is 0 Å². The van der Waals surface area contributed by atoms with E-state index in [1.165, 1.54) is 42.8 Å². The Bertz CT molecular complexity index is 817. The Morgan fingerprint density at radius 2 is 1.87 bits per heavy atom. The molecular weight excluding hydrogens is 372 g/mol.